The number of hydrogen-bond donors (Lipinski definition) is 2. The van der Waals surface area contributed by atoms with Gasteiger partial charge in [-0.25, -0.2) is 4.79 Å². The lowest BCUT2D eigenvalue weighted by molar-refractivity contribution is -0.144. The molecule has 0 saturated carbocycles. The molecule has 1 rings (SSSR count). The number of aryl methyl sites for hydroxylation is 1. The molecule has 36 heavy (non-hydrogen) atoms. The maximum atomic E-state index is 13.8. The lowest BCUT2D eigenvalue weighted by atomic mass is 9.95. The second kappa shape index (κ2) is 14.5. The van der Waals surface area contributed by atoms with Gasteiger partial charge in [-0.1, -0.05) is 50.1 Å². The van der Waals surface area contributed by atoms with Crippen LogP contribution in [0.25, 0.3) is 0 Å². The molecule has 9 nitrogen and oxygen atoms in total. The van der Waals surface area contributed by atoms with Crippen molar-refractivity contribution in [2.45, 2.75) is 85.9 Å². The maximum absolute atomic E-state index is 13.8. The number of nitrogens with zero attached hydrogens (tertiary/aromatic N) is 1. The van der Waals surface area contributed by atoms with E-state index in [1.165, 1.54) is 4.90 Å². The van der Waals surface area contributed by atoms with Crippen LogP contribution in [0.4, 0.5) is 4.79 Å². The fourth-order valence-corrected chi connectivity index (χ4v) is 3.60. The van der Waals surface area contributed by atoms with E-state index in [0.29, 0.717) is 12.0 Å². The van der Waals surface area contributed by atoms with E-state index in [1.807, 2.05) is 32.9 Å². The number of nitrogens with one attached hydrogen (secondary N) is 2. The monoisotopic (exact) mass is 505 g/mol. The molecule has 1 aromatic carbocycles. The average Bonchev–Trinajstić information content (AvgIpc) is 2.79. The van der Waals surface area contributed by atoms with Crippen LogP contribution in [0.3, 0.4) is 0 Å². The first-order valence-electron chi connectivity index (χ1n) is 12.6. The van der Waals surface area contributed by atoms with Crippen LogP contribution in [0.5, 0.6) is 0 Å². The summed E-state index contributed by atoms with van der Waals surface area (Å²) in [5.74, 6) is -1.42. The summed E-state index contributed by atoms with van der Waals surface area (Å²) < 4.78 is 10.3. The lowest BCUT2D eigenvalue weighted by Gasteiger charge is -2.35. The van der Waals surface area contributed by atoms with E-state index in [1.54, 1.807) is 46.8 Å². The molecule has 0 spiro atoms. The van der Waals surface area contributed by atoms with E-state index in [4.69, 9.17) is 9.47 Å². The highest BCUT2D eigenvalue weighted by Crippen LogP contribution is 2.25. The van der Waals surface area contributed by atoms with Crippen LogP contribution in [0.1, 0.15) is 78.5 Å². The van der Waals surface area contributed by atoms with E-state index >= 15 is 0 Å². The van der Waals surface area contributed by atoms with Gasteiger partial charge in [0.2, 0.25) is 11.8 Å². The zero-order valence-corrected chi connectivity index (χ0v) is 23.0. The number of carbonyl (C=O) groups excluding carboxylic acids is 4. The Labute approximate surface area is 215 Å². The summed E-state index contributed by atoms with van der Waals surface area (Å²) in [7, 11) is 0. The van der Waals surface area contributed by atoms with Gasteiger partial charge in [-0.15, -0.1) is 0 Å². The zero-order chi connectivity index (χ0) is 27.5. The van der Waals surface area contributed by atoms with Gasteiger partial charge in [-0.2, -0.15) is 0 Å². The lowest BCUT2D eigenvalue weighted by Crippen LogP contribution is -2.55. The van der Waals surface area contributed by atoms with Gasteiger partial charge in [0.1, 0.15) is 17.7 Å². The molecular formula is C27H43N3O6. The average molecular weight is 506 g/mol. The van der Waals surface area contributed by atoms with Crippen molar-refractivity contribution >= 4 is 23.9 Å². The van der Waals surface area contributed by atoms with Gasteiger partial charge in [-0.3, -0.25) is 14.4 Å². The Morgan fingerprint density at radius 2 is 1.64 bits per heavy atom. The van der Waals surface area contributed by atoms with Gasteiger partial charge in [0.25, 0.3) is 0 Å². The van der Waals surface area contributed by atoms with E-state index in [-0.39, 0.29) is 37.9 Å². The molecule has 202 valence electrons. The molecular weight excluding hydrogens is 462 g/mol. The summed E-state index contributed by atoms with van der Waals surface area (Å²) in [6.45, 7) is 15.0. The molecule has 2 N–H and O–H groups in total. The Balaban J connectivity index is 3.27. The first kappa shape index (κ1) is 30.9. The van der Waals surface area contributed by atoms with Gasteiger partial charge < -0.3 is 25.0 Å². The minimum absolute atomic E-state index is 0.0238. The van der Waals surface area contributed by atoms with Crippen molar-refractivity contribution in [2.24, 2.45) is 5.92 Å². The zero-order valence-electron chi connectivity index (χ0n) is 23.0. The van der Waals surface area contributed by atoms with Gasteiger partial charge in [0.15, 0.2) is 0 Å². The number of carbonyl (C=O) groups is 4. The molecule has 0 fully saturated rings. The Hall–Kier alpha value is -3.10. The quantitative estimate of drug-likeness (QED) is 0.417. The minimum Gasteiger partial charge on any atom is -0.466 e. The maximum Gasteiger partial charge on any atom is 0.408 e. The van der Waals surface area contributed by atoms with Crippen LogP contribution < -0.4 is 10.6 Å². The van der Waals surface area contributed by atoms with Crippen molar-refractivity contribution in [1.29, 1.82) is 0 Å². The van der Waals surface area contributed by atoms with Crippen molar-refractivity contribution in [2.75, 3.05) is 19.7 Å². The highest BCUT2D eigenvalue weighted by Gasteiger charge is 2.37. The molecule has 3 atom stereocenters. The molecule has 0 aliphatic heterocycles. The van der Waals surface area contributed by atoms with Crippen LogP contribution in [-0.4, -0.2) is 60.1 Å². The summed E-state index contributed by atoms with van der Waals surface area (Å²) in [5.41, 5.74) is 0.921. The second-order valence-electron chi connectivity index (χ2n) is 9.79. The Kier molecular flexibility index (Phi) is 12.4. The van der Waals surface area contributed by atoms with Crippen molar-refractivity contribution in [1.82, 2.24) is 15.5 Å². The number of ether oxygens (including phenoxy) is 2. The Morgan fingerprint density at radius 3 is 2.14 bits per heavy atom. The molecule has 9 heteroatoms. The second-order valence-corrected chi connectivity index (χ2v) is 9.79. The fraction of sp³-hybridized carbons (Fsp3) is 0.630. The third-order valence-corrected chi connectivity index (χ3v) is 5.66. The smallest absolute Gasteiger partial charge is 0.408 e. The number of likely N-dealkylation sites (N-methyl/N-ethyl adjacent to an activating group) is 1. The molecule has 0 aliphatic rings. The van der Waals surface area contributed by atoms with Crippen molar-refractivity contribution in [3.8, 4) is 0 Å². The summed E-state index contributed by atoms with van der Waals surface area (Å²) in [6.07, 6.45) is -0.0383. The molecule has 0 saturated heterocycles. The van der Waals surface area contributed by atoms with Gasteiger partial charge >= 0.3 is 12.1 Å². The molecule has 0 aromatic heterocycles. The predicted molar refractivity (Wildman–Crippen MR) is 138 cm³/mol. The van der Waals surface area contributed by atoms with Crippen LogP contribution >= 0.6 is 0 Å². The number of esters is 1. The summed E-state index contributed by atoms with van der Waals surface area (Å²) in [6, 6.07) is 5.53. The van der Waals surface area contributed by atoms with Crippen molar-refractivity contribution in [3.63, 3.8) is 0 Å². The fourth-order valence-electron chi connectivity index (χ4n) is 3.60. The highest BCUT2D eigenvalue weighted by molar-refractivity contribution is 5.92. The normalized spacial score (nSPS) is 13.7. The Bertz CT molecular complexity index is 878. The molecule has 0 bridgehead atoms. The van der Waals surface area contributed by atoms with Gasteiger partial charge in [0.05, 0.1) is 13.0 Å². The molecule has 0 heterocycles. The number of rotatable bonds is 12. The third-order valence-electron chi connectivity index (χ3n) is 5.66. The summed E-state index contributed by atoms with van der Waals surface area (Å²) in [4.78, 5) is 52.9. The minimum atomic E-state index is -0.947. The summed E-state index contributed by atoms with van der Waals surface area (Å²) >= 11 is 0. The van der Waals surface area contributed by atoms with Crippen LogP contribution in [-0.2, 0) is 23.9 Å². The number of hydrogen-bond acceptors (Lipinski definition) is 6. The van der Waals surface area contributed by atoms with E-state index < -0.39 is 35.7 Å². The molecule has 0 radical (unpaired) electrons. The molecule has 0 aliphatic carbocycles. The topological polar surface area (TPSA) is 114 Å². The number of amides is 3. The third kappa shape index (κ3) is 9.87. The standard InChI is InChI=1S/C27H43N3O6/c1-9-19(5)22(29-26(34)36-27(6,7)8)25(33)30(10-2)23(20-14-12-18(4)13-15-20)24(32)28-17-16-21(31)35-11-3/h12-15,19,22-23H,9-11,16-17H2,1-8H3,(H,28,32)(H,29,34). The predicted octanol–water partition coefficient (Wildman–Crippen LogP) is 3.89. The Morgan fingerprint density at radius 1 is 1.03 bits per heavy atom. The first-order chi connectivity index (χ1) is 16.8. The molecule has 3 unspecified atom stereocenters. The van der Waals surface area contributed by atoms with Crippen LogP contribution in [0, 0.1) is 12.8 Å². The van der Waals surface area contributed by atoms with Gasteiger partial charge in [0, 0.05) is 13.1 Å². The van der Waals surface area contributed by atoms with Crippen molar-refractivity contribution < 1.29 is 28.7 Å². The van der Waals surface area contributed by atoms with E-state index in [0.717, 1.165) is 5.56 Å². The summed E-state index contributed by atoms with van der Waals surface area (Å²) in [5, 5.41) is 5.48. The van der Waals surface area contributed by atoms with E-state index in [9.17, 15) is 19.2 Å². The van der Waals surface area contributed by atoms with Gasteiger partial charge in [-0.05, 0) is 53.0 Å². The van der Waals surface area contributed by atoms with Crippen LogP contribution in [0.15, 0.2) is 24.3 Å². The number of alkyl carbamates (subject to hydrolysis) is 1. The number of benzene rings is 1. The highest BCUT2D eigenvalue weighted by atomic mass is 16.6. The molecule has 1 aromatic rings. The van der Waals surface area contributed by atoms with Crippen LogP contribution in [0.2, 0.25) is 0 Å². The SMILES string of the molecule is CCOC(=O)CCNC(=O)C(c1ccc(C)cc1)N(CC)C(=O)C(NC(=O)OC(C)(C)C)C(C)CC. The van der Waals surface area contributed by atoms with Crippen molar-refractivity contribution in [3.05, 3.63) is 35.4 Å². The van der Waals surface area contributed by atoms with E-state index in [2.05, 4.69) is 10.6 Å². The molecule has 3 amide bonds. The first-order valence-corrected chi connectivity index (χ1v) is 12.6. The largest absolute Gasteiger partial charge is 0.466 e.